The Kier molecular flexibility index (Phi) is 9.60. The number of thiophene rings is 1. The van der Waals surface area contributed by atoms with Gasteiger partial charge in [-0.25, -0.2) is 0 Å². The van der Waals surface area contributed by atoms with E-state index in [0.717, 1.165) is 39.2 Å². The Hall–Kier alpha value is -6.23. The Bertz CT molecular complexity index is 3120. The van der Waals surface area contributed by atoms with Crippen molar-refractivity contribution in [2.75, 3.05) is 0 Å². The first-order valence-electron chi connectivity index (χ1n) is 22.1. The van der Waals surface area contributed by atoms with Gasteiger partial charge in [0.2, 0.25) is 0 Å². The maximum absolute atomic E-state index is 7.28. The van der Waals surface area contributed by atoms with Crippen LogP contribution in [0.5, 0.6) is 0 Å². The molecular formula is C54H41IrN3S-2. The molecule has 5 heteroatoms. The monoisotopic (exact) mass is 962 g/mol. The van der Waals surface area contributed by atoms with Gasteiger partial charge in [-0.1, -0.05) is 162 Å². The van der Waals surface area contributed by atoms with Crippen molar-refractivity contribution in [2.45, 2.75) is 27.6 Å². The zero-order valence-corrected chi connectivity index (χ0v) is 35.5. The molecule has 0 aliphatic heterocycles. The van der Waals surface area contributed by atoms with Gasteiger partial charge in [0, 0.05) is 45.7 Å². The van der Waals surface area contributed by atoms with Crippen LogP contribution < -0.4 is 0 Å². The SMILES string of the molecule is Cc1cccc(C)c1-c1ccc2s[c-]c(-c3nc4ccccc4n3-c3c(-c4ccccc4)cccc3-c3ccccc3)c2c1.[2H]C([2H])([2H])c1c[c-]c(-c2ccc(C([2H])([2H])[2H])cn2)cc1.[Ir]. The number of nitrogens with zero attached hydrogens (tertiary/aromatic N) is 3. The van der Waals surface area contributed by atoms with E-state index in [9.17, 15) is 0 Å². The first-order valence-corrected chi connectivity index (χ1v) is 19.9. The van der Waals surface area contributed by atoms with Gasteiger partial charge >= 0.3 is 0 Å². The molecule has 0 aliphatic rings. The second-order valence-corrected chi connectivity index (χ2v) is 15.0. The van der Waals surface area contributed by atoms with Crippen molar-refractivity contribution in [1.29, 1.82) is 0 Å². The third-order valence-electron chi connectivity index (χ3n) is 10.3. The fraction of sp³-hybridized carbons (Fsp3) is 0.0741. The summed E-state index contributed by atoms with van der Waals surface area (Å²) >= 11 is 1.66. The summed E-state index contributed by atoms with van der Waals surface area (Å²) < 4.78 is 47.2. The molecule has 3 nitrogen and oxygen atoms in total. The van der Waals surface area contributed by atoms with Gasteiger partial charge in [-0.15, -0.1) is 40.8 Å². The van der Waals surface area contributed by atoms with Crippen molar-refractivity contribution in [3.05, 3.63) is 210 Å². The zero-order valence-electron chi connectivity index (χ0n) is 38.3. The Morgan fingerprint density at radius 3 is 1.93 bits per heavy atom. The van der Waals surface area contributed by atoms with Gasteiger partial charge in [-0.05, 0) is 77.5 Å². The third kappa shape index (κ3) is 7.98. The number of aromatic nitrogens is 3. The van der Waals surface area contributed by atoms with E-state index in [0.29, 0.717) is 11.3 Å². The molecule has 0 spiro atoms. The van der Waals surface area contributed by atoms with Gasteiger partial charge < -0.3 is 9.55 Å². The van der Waals surface area contributed by atoms with E-state index in [1.54, 1.807) is 23.5 Å². The standard InChI is InChI=1S/C41H29N2S.C13H12N.Ir/c1-27-13-11-14-28(2)39(27)31-23-24-38-34(25-31)35(26-44-38)41-42-36-21-9-10-22-37(36)43(41)40-32(29-15-5-3-6-16-29)19-12-20-33(40)30-17-7-4-8-18-30;1-10-3-6-12(7-4-10)13-8-5-11(2)9-14-13;/h3-25H,1-2H3;3-6,8-9H,1-2H3;/q2*-1;/i;1D3,2D3;. The summed E-state index contributed by atoms with van der Waals surface area (Å²) in [4.78, 5) is 9.40. The molecule has 0 fully saturated rings. The van der Waals surface area contributed by atoms with Crippen LogP contribution in [0.4, 0.5) is 0 Å². The molecule has 10 aromatic rings. The van der Waals surface area contributed by atoms with Crippen LogP contribution in [0.2, 0.25) is 0 Å². The van der Waals surface area contributed by atoms with E-state index in [2.05, 4.69) is 174 Å². The molecule has 0 amide bonds. The maximum atomic E-state index is 7.28. The van der Waals surface area contributed by atoms with Gasteiger partial charge in [0.15, 0.2) is 0 Å². The summed E-state index contributed by atoms with van der Waals surface area (Å²) in [7, 11) is 0. The van der Waals surface area contributed by atoms with E-state index in [1.165, 1.54) is 67.9 Å². The largest absolute Gasteiger partial charge is 0.332 e. The Morgan fingerprint density at radius 1 is 0.627 bits per heavy atom. The van der Waals surface area contributed by atoms with Crippen molar-refractivity contribution >= 4 is 32.5 Å². The average molecular weight is 962 g/mol. The van der Waals surface area contributed by atoms with E-state index in [-0.39, 0.29) is 31.2 Å². The summed E-state index contributed by atoms with van der Waals surface area (Å²) in [6.45, 7) is 0.0460. The minimum Gasteiger partial charge on any atom is -0.332 e. The number of para-hydroxylation sites is 3. The van der Waals surface area contributed by atoms with Crippen LogP contribution in [0.25, 0.3) is 82.8 Å². The van der Waals surface area contributed by atoms with E-state index in [4.69, 9.17) is 13.2 Å². The molecule has 7 aromatic carbocycles. The molecule has 0 bridgehead atoms. The van der Waals surface area contributed by atoms with E-state index in [1.807, 2.05) is 0 Å². The number of imidazole rings is 1. The van der Waals surface area contributed by atoms with Gasteiger partial charge in [-0.3, -0.25) is 16.3 Å². The molecule has 59 heavy (non-hydrogen) atoms. The second kappa shape index (κ2) is 17.3. The molecule has 0 saturated carbocycles. The molecule has 0 N–H and O–H groups in total. The molecule has 0 atom stereocenters. The number of fused-ring (bicyclic) bond motifs is 2. The zero-order chi connectivity index (χ0) is 44.6. The van der Waals surface area contributed by atoms with Crippen molar-refractivity contribution in [3.63, 3.8) is 0 Å². The van der Waals surface area contributed by atoms with Crippen LogP contribution in [0, 0.1) is 39.0 Å². The molecule has 10 rings (SSSR count). The summed E-state index contributed by atoms with van der Waals surface area (Å²) in [6.07, 6.45) is 1.30. The summed E-state index contributed by atoms with van der Waals surface area (Å²) in [5.41, 5.74) is 15.4. The van der Waals surface area contributed by atoms with E-state index >= 15 is 0 Å². The maximum Gasteiger partial charge on any atom is 0.0774 e. The molecule has 1 radical (unpaired) electrons. The van der Waals surface area contributed by atoms with Gasteiger partial charge in [-0.2, -0.15) is 0 Å². The van der Waals surface area contributed by atoms with Crippen LogP contribution in [0.1, 0.15) is 30.5 Å². The summed E-state index contributed by atoms with van der Waals surface area (Å²) in [6, 6.07) is 60.2. The van der Waals surface area contributed by atoms with Gasteiger partial charge in [0.05, 0.1) is 22.5 Å². The average Bonchev–Trinajstić information content (AvgIpc) is 3.90. The van der Waals surface area contributed by atoms with Gasteiger partial charge in [0.1, 0.15) is 0 Å². The first-order chi connectivity index (χ1) is 30.8. The fourth-order valence-electron chi connectivity index (χ4n) is 7.61. The molecular weight excluding hydrogens is 915 g/mol. The smallest absolute Gasteiger partial charge is 0.0774 e. The molecule has 0 aliphatic carbocycles. The Labute approximate surface area is 372 Å². The number of pyridine rings is 1. The number of aryl methyl sites for hydroxylation is 4. The van der Waals surface area contributed by atoms with Crippen LogP contribution >= 0.6 is 11.3 Å². The third-order valence-corrected chi connectivity index (χ3v) is 11.2. The quantitative estimate of drug-likeness (QED) is 0.156. The molecule has 0 saturated heterocycles. The minimum atomic E-state index is -2.18. The number of rotatable bonds is 6. The molecule has 3 heterocycles. The molecule has 3 aromatic heterocycles. The van der Waals surface area contributed by atoms with Crippen molar-refractivity contribution in [3.8, 4) is 61.7 Å². The first kappa shape index (κ1) is 32.7. The van der Waals surface area contributed by atoms with Crippen LogP contribution in [0.15, 0.2) is 176 Å². The topological polar surface area (TPSA) is 30.7 Å². The number of hydrogen-bond acceptors (Lipinski definition) is 3. The molecule has 0 unspecified atom stereocenters. The normalized spacial score (nSPS) is 12.8. The van der Waals surface area contributed by atoms with Gasteiger partial charge in [0.25, 0.3) is 0 Å². The predicted molar refractivity (Wildman–Crippen MR) is 244 cm³/mol. The fourth-order valence-corrected chi connectivity index (χ4v) is 8.43. The second-order valence-electron chi connectivity index (χ2n) is 14.2. The van der Waals surface area contributed by atoms with Crippen molar-refractivity contribution < 1.29 is 28.3 Å². The number of hydrogen-bond donors (Lipinski definition) is 0. The summed E-state index contributed by atoms with van der Waals surface area (Å²) in [5.74, 6) is 0.900. The molecule has 289 valence electrons. The van der Waals surface area contributed by atoms with Crippen LogP contribution in [-0.2, 0) is 20.1 Å². The minimum absolute atomic E-state index is 0. The number of benzene rings is 7. The van der Waals surface area contributed by atoms with Crippen LogP contribution in [0.3, 0.4) is 0 Å². The predicted octanol–water partition coefficient (Wildman–Crippen LogP) is 14.5. The summed E-state index contributed by atoms with van der Waals surface area (Å²) in [5, 5.41) is 4.86. The Balaban J connectivity index is 0.000000232. The van der Waals surface area contributed by atoms with Crippen molar-refractivity contribution in [1.82, 2.24) is 14.5 Å². The Morgan fingerprint density at radius 2 is 1.29 bits per heavy atom. The van der Waals surface area contributed by atoms with E-state index < -0.39 is 13.7 Å². The van der Waals surface area contributed by atoms with Crippen LogP contribution in [-0.4, -0.2) is 14.5 Å². The van der Waals surface area contributed by atoms with Crippen molar-refractivity contribution in [2.24, 2.45) is 0 Å².